The summed E-state index contributed by atoms with van der Waals surface area (Å²) in [4.78, 5) is 4.85. The summed E-state index contributed by atoms with van der Waals surface area (Å²) < 4.78 is 25.4. The zero-order valence-corrected chi connectivity index (χ0v) is 44.8. The Morgan fingerprint density at radius 1 is 0.342 bits per heavy atom. The molecule has 76 heavy (non-hydrogen) atoms. The number of rotatable bonds is 29. The average Bonchev–Trinajstić information content (AvgIpc) is 3.45. The quantitative estimate of drug-likeness (QED) is 0.0449. The topological polar surface area (TPSA) is 83.9 Å². The van der Waals surface area contributed by atoms with Crippen LogP contribution in [0.2, 0.25) is 0 Å². The van der Waals surface area contributed by atoms with Gasteiger partial charge in [0, 0.05) is 49.4 Å². The molecule has 0 aromatic heterocycles. The Morgan fingerprint density at radius 3 is 0.829 bits per heavy atom. The summed E-state index contributed by atoms with van der Waals surface area (Å²) in [5, 5.41) is 24.5. The predicted octanol–water partition coefficient (Wildman–Crippen LogP) is 14.9. The molecule has 0 aliphatic carbocycles. The van der Waals surface area contributed by atoms with Crippen molar-refractivity contribution >= 4 is 0 Å². The number of β-amino-alcohol motifs (C(OH)–C–C–N with tert-alkyl or cyclic N) is 2. The molecule has 0 saturated heterocycles. The molecule has 0 spiro atoms. The van der Waals surface area contributed by atoms with Gasteiger partial charge in [0.2, 0.25) is 0 Å². The van der Waals surface area contributed by atoms with Crippen LogP contribution in [-0.2, 0) is 39.5 Å². The van der Waals surface area contributed by atoms with Gasteiger partial charge in [0.05, 0.1) is 12.2 Å². The van der Waals surface area contributed by atoms with Crippen LogP contribution < -0.4 is 18.9 Å². The first-order valence-corrected chi connectivity index (χ1v) is 26.9. The summed E-state index contributed by atoms with van der Waals surface area (Å²) in [6.45, 7) is 13.0. The van der Waals surface area contributed by atoms with Crippen LogP contribution in [0.15, 0.2) is 218 Å². The van der Waals surface area contributed by atoms with Crippen LogP contribution in [0.5, 0.6) is 23.0 Å². The summed E-state index contributed by atoms with van der Waals surface area (Å²) >= 11 is 0. The number of aliphatic hydroxyl groups excluding tert-OH is 2. The van der Waals surface area contributed by atoms with Crippen LogP contribution in [0.3, 0.4) is 0 Å². The molecule has 0 aliphatic heterocycles. The van der Waals surface area contributed by atoms with Crippen LogP contribution in [0.25, 0.3) is 0 Å². The lowest BCUT2D eigenvalue weighted by Gasteiger charge is -2.42. The van der Waals surface area contributed by atoms with Crippen LogP contribution in [0, 0.1) is 0 Å². The van der Waals surface area contributed by atoms with Crippen LogP contribution in [-0.4, -0.2) is 44.2 Å². The largest absolute Gasteiger partial charge is 0.489 e. The van der Waals surface area contributed by atoms with Gasteiger partial charge in [-0.2, -0.15) is 0 Å². The lowest BCUT2D eigenvalue weighted by molar-refractivity contribution is 0.0301. The highest BCUT2D eigenvalue weighted by atomic mass is 16.5. The van der Waals surface area contributed by atoms with Gasteiger partial charge in [0.15, 0.2) is 0 Å². The highest BCUT2D eigenvalue weighted by Crippen LogP contribution is 2.35. The van der Waals surface area contributed by atoms with E-state index in [1.165, 1.54) is 11.1 Å². The molecule has 0 amide bonds. The highest BCUT2D eigenvalue weighted by molar-refractivity contribution is 5.41. The fraction of sp³-hybridized carbons (Fsp3) is 0.294. The zero-order chi connectivity index (χ0) is 53.0. The number of benzene rings is 8. The number of aliphatic hydroxyl groups is 2. The van der Waals surface area contributed by atoms with Gasteiger partial charge < -0.3 is 29.2 Å². The van der Waals surface area contributed by atoms with E-state index in [-0.39, 0.29) is 11.1 Å². The summed E-state index contributed by atoms with van der Waals surface area (Å²) in [6.07, 6.45) is 2.14. The Labute approximate surface area is 452 Å². The van der Waals surface area contributed by atoms with Crippen molar-refractivity contribution in [1.82, 2.24) is 9.80 Å². The molecule has 2 unspecified atom stereocenters. The second kappa shape index (κ2) is 27.5. The molecule has 8 heteroatoms. The van der Waals surface area contributed by atoms with Crippen LogP contribution in [0.1, 0.15) is 110 Å². The smallest absolute Gasteiger partial charge is 0.123 e. The molecule has 8 rings (SSSR count). The van der Waals surface area contributed by atoms with E-state index < -0.39 is 12.2 Å². The van der Waals surface area contributed by atoms with Crippen molar-refractivity contribution in [3.63, 3.8) is 0 Å². The van der Waals surface area contributed by atoms with Gasteiger partial charge in [0.1, 0.15) is 49.4 Å². The normalized spacial score (nSPS) is 12.6. The minimum absolute atomic E-state index is 0.275. The molecular formula is C68H76N2O6. The average molecular weight is 1020 g/mol. The SMILES string of the molecule is CC(C)(CCCCC(C)(C)N(Cc1ccccc1)CC(O)c1cc(OCc2ccccc2)cc(OCc2ccccc2)c1)N(Cc1ccccc1)CC(O)c1cc(OCc2ccccc2)cc(OCc2ccccc2)c1. The van der Waals surface area contributed by atoms with Gasteiger partial charge in [-0.25, -0.2) is 0 Å². The monoisotopic (exact) mass is 1020 g/mol. The third kappa shape index (κ3) is 17.2. The van der Waals surface area contributed by atoms with E-state index in [9.17, 15) is 10.2 Å². The van der Waals surface area contributed by atoms with Crippen molar-refractivity contribution in [2.75, 3.05) is 13.1 Å². The predicted molar refractivity (Wildman–Crippen MR) is 306 cm³/mol. The Morgan fingerprint density at radius 2 is 0.579 bits per heavy atom. The molecule has 0 bridgehead atoms. The van der Waals surface area contributed by atoms with E-state index in [0.29, 0.717) is 75.6 Å². The van der Waals surface area contributed by atoms with Gasteiger partial charge in [-0.1, -0.05) is 195 Å². The number of unbranched alkanes of at least 4 members (excludes halogenated alkanes) is 1. The van der Waals surface area contributed by atoms with Crippen molar-refractivity contribution in [2.45, 2.75) is 116 Å². The highest BCUT2D eigenvalue weighted by Gasteiger charge is 2.32. The Kier molecular flexibility index (Phi) is 20.0. The summed E-state index contributed by atoms with van der Waals surface area (Å²) in [5.74, 6) is 2.58. The molecule has 8 nitrogen and oxygen atoms in total. The van der Waals surface area contributed by atoms with Crippen molar-refractivity contribution in [3.05, 3.63) is 263 Å². The second-order valence-corrected chi connectivity index (χ2v) is 21.2. The Hall–Kier alpha value is -7.20. The number of nitrogens with zero attached hydrogens (tertiary/aromatic N) is 2. The fourth-order valence-electron chi connectivity index (χ4n) is 9.59. The van der Waals surface area contributed by atoms with Crippen molar-refractivity contribution in [3.8, 4) is 23.0 Å². The van der Waals surface area contributed by atoms with Gasteiger partial charge >= 0.3 is 0 Å². The van der Waals surface area contributed by atoms with Crippen molar-refractivity contribution in [1.29, 1.82) is 0 Å². The first kappa shape index (κ1) is 55.0. The van der Waals surface area contributed by atoms with E-state index in [1.807, 2.05) is 170 Å². The summed E-state index contributed by atoms with van der Waals surface area (Å²) in [6, 6.07) is 73.1. The van der Waals surface area contributed by atoms with Crippen molar-refractivity contribution < 1.29 is 29.2 Å². The number of hydrogen-bond acceptors (Lipinski definition) is 8. The van der Waals surface area contributed by atoms with Crippen LogP contribution >= 0.6 is 0 Å². The van der Waals surface area contributed by atoms with E-state index >= 15 is 0 Å². The van der Waals surface area contributed by atoms with Gasteiger partial charge in [-0.3, -0.25) is 9.80 Å². The molecule has 0 aliphatic rings. The first-order chi connectivity index (χ1) is 36.9. The molecule has 0 fully saturated rings. The molecule has 0 radical (unpaired) electrons. The summed E-state index contributed by atoms with van der Waals surface area (Å²) in [5.41, 5.74) is 7.56. The molecule has 8 aromatic carbocycles. The van der Waals surface area contributed by atoms with E-state index in [0.717, 1.165) is 59.1 Å². The van der Waals surface area contributed by atoms with E-state index in [2.05, 4.69) is 86.0 Å². The second-order valence-electron chi connectivity index (χ2n) is 21.2. The maximum absolute atomic E-state index is 12.3. The van der Waals surface area contributed by atoms with E-state index in [1.54, 1.807) is 0 Å². The summed E-state index contributed by atoms with van der Waals surface area (Å²) in [7, 11) is 0. The zero-order valence-electron chi connectivity index (χ0n) is 44.8. The molecule has 0 heterocycles. The molecule has 2 atom stereocenters. The number of hydrogen-bond donors (Lipinski definition) is 2. The van der Waals surface area contributed by atoms with E-state index in [4.69, 9.17) is 18.9 Å². The van der Waals surface area contributed by atoms with Gasteiger partial charge in [-0.05, 0) is 109 Å². The minimum Gasteiger partial charge on any atom is -0.489 e. The lowest BCUT2D eigenvalue weighted by atomic mass is 9.88. The minimum atomic E-state index is -0.818. The number of ether oxygens (including phenoxy) is 4. The maximum atomic E-state index is 12.3. The molecule has 2 N–H and O–H groups in total. The van der Waals surface area contributed by atoms with Crippen LogP contribution in [0.4, 0.5) is 0 Å². The molecule has 8 aromatic rings. The Balaban J connectivity index is 0.963. The molecule has 394 valence electrons. The standard InChI is InChI=1S/C68H76N2O6/c1-67(2,69(45-53-25-11-5-12-26-53)47-65(71)59-39-61(73-49-55-29-15-7-16-30-55)43-62(40-59)74-50-56-31-17-8-18-32-56)37-23-24-38-68(3,4)70(46-54-27-13-6-14-28-54)48-66(72)60-41-63(75-51-57-33-19-9-20-34-57)44-64(42-60)76-52-58-35-21-10-22-36-58/h5-22,25-36,39-44,65-66,71-72H,23-24,37-38,45-52H2,1-4H3. The lowest BCUT2D eigenvalue weighted by Crippen LogP contribution is -2.46. The third-order valence-electron chi connectivity index (χ3n) is 14.3. The first-order valence-electron chi connectivity index (χ1n) is 26.9. The van der Waals surface area contributed by atoms with Gasteiger partial charge in [-0.15, -0.1) is 0 Å². The maximum Gasteiger partial charge on any atom is 0.123 e. The van der Waals surface area contributed by atoms with Crippen molar-refractivity contribution in [2.24, 2.45) is 0 Å². The fourth-order valence-corrected chi connectivity index (χ4v) is 9.59. The molecular weight excluding hydrogens is 941 g/mol. The molecule has 0 saturated carbocycles. The Bertz CT molecular complexity index is 2600. The third-order valence-corrected chi connectivity index (χ3v) is 14.3. The van der Waals surface area contributed by atoms with Gasteiger partial charge in [0.25, 0.3) is 0 Å².